The van der Waals surface area contributed by atoms with Crippen LogP contribution in [0.4, 0.5) is 0 Å². The summed E-state index contributed by atoms with van der Waals surface area (Å²) in [5.74, 6) is -3.41. The van der Waals surface area contributed by atoms with Crippen molar-refractivity contribution in [1.82, 2.24) is 9.21 Å². The van der Waals surface area contributed by atoms with Gasteiger partial charge in [0.1, 0.15) is 0 Å². The van der Waals surface area contributed by atoms with Gasteiger partial charge in [0.15, 0.2) is 5.76 Å². The quantitative estimate of drug-likeness (QED) is 0.490. The van der Waals surface area contributed by atoms with Crippen LogP contribution in [0.25, 0.3) is 6.08 Å². The highest BCUT2D eigenvalue weighted by atomic mass is 32.2. The summed E-state index contributed by atoms with van der Waals surface area (Å²) in [5, 5.41) is 16.0. The third kappa shape index (κ3) is 7.81. The van der Waals surface area contributed by atoms with E-state index in [1.165, 1.54) is 16.0 Å². The molecule has 0 aliphatic carbocycles. The number of carboxylic acid groups (broad SMARTS) is 2. The minimum absolute atomic E-state index is 0.0923. The Labute approximate surface area is 179 Å². The van der Waals surface area contributed by atoms with E-state index in [0.29, 0.717) is 31.9 Å². The number of rotatable bonds is 6. The topological polar surface area (TPSA) is 145 Å². The van der Waals surface area contributed by atoms with Gasteiger partial charge in [0.2, 0.25) is 15.8 Å². The molecule has 0 radical (unpaired) electrons. The highest BCUT2D eigenvalue weighted by molar-refractivity contribution is 7.92. The number of carbonyl (C=O) groups is 3. The van der Waals surface area contributed by atoms with E-state index in [4.69, 9.17) is 24.2 Å². The Bertz CT molecular complexity index is 997. The normalized spacial score (nSPS) is 15.2. The lowest BCUT2D eigenvalue weighted by Crippen LogP contribution is -2.49. The van der Waals surface area contributed by atoms with Crippen molar-refractivity contribution in [2.24, 2.45) is 0 Å². The number of Topliss-reactive ketones (excluding diaryl/α,β-unsaturated/α-hetero) is 1. The van der Waals surface area contributed by atoms with E-state index < -0.39 is 22.0 Å². The van der Waals surface area contributed by atoms with Gasteiger partial charge in [-0.05, 0) is 23.8 Å². The van der Waals surface area contributed by atoms with E-state index >= 15 is 0 Å². The lowest BCUT2D eigenvalue weighted by atomic mass is 10.2. The van der Waals surface area contributed by atoms with E-state index in [9.17, 15) is 13.2 Å². The standard InChI is InChI=1S/C18H20N2O4S.C2H2O4/c21-17(18-7-4-13-24-18)15-19-9-11-20(12-10-19)25(22,23)14-8-16-5-2-1-3-6-16;3-1(4)2(5)6/h1-8,13-14H,9-12,15H2;(H,3,4)(H,5,6). The van der Waals surface area contributed by atoms with Crippen LogP contribution >= 0.6 is 0 Å². The van der Waals surface area contributed by atoms with Gasteiger partial charge >= 0.3 is 11.9 Å². The van der Waals surface area contributed by atoms with Crippen molar-refractivity contribution >= 4 is 33.8 Å². The van der Waals surface area contributed by atoms with Crippen molar-refractivity contribution in [2.75, 3.05) is 32.7 Å². The third-order valence-electron chi connectivity index (χ3n) is 4.27. The molecule has 1 aromatic carbocycles. The highest BCUT2D eigenvalue weighted by Crippen LogP contribution is 2.12. The van der Waals surface area contributed by atoms with Crippen LogP contribution in [0.2, 0.25) is 0 Å². The minimum Gasteiger partial charge on any atom is -0.473 e. The molecular weight excluding hydrogens is 428 g/mol. The van der Waals surface area contributed by atoms with Gasteiger partial charge < -0.3 is 14.6 Å². The summed E-state index contributed by atoms with van der Waals surface area (Å²) in [4.78, 5) is 32.2. The van der Waals surface area contributed by atoms with E-state index in [0.717, 1.165) is 5.56 Å². The number of aliphatic carboxylic acids is 2. The maximum atomic E-state index is 12.4. The first-order valence-electron chi connectivity index (χ1n) is 9.17. The van der Waals surface area contributed by atoms with E-state index in [1.54, 1.807) is 18.2 Å². The Balaban J connectivity index is 0.000000501. The van der Waals surface area contributed by atoms with Crippen molar-refractivity contribution in [2.45, 2.75) is 0 Å². The van der Waals surface area contributed by atoms with Crippen LogP contribution in [0.3, 0.4) is 0 Å². The molecule has 10 nitrogen and oxygen atoms in total. The number of sulfonamides is 1. The molecule has 0 amide bonds. The number of carbonyl (C=O) groups excluding carboxylic acids is 1. The molecule has 0 unspecified atom stereocenters. The van der Waals surface area contributed by atoms with Gasteiger partial charge in [0.05, 0.1) is 12.8 Å². The summed E-state index contributed by atoms with van der Waals surface area (Å²) >= 11 is 0. The monoisotopic (exact) mass is 450 g/mol. The zero-order chi connectivity index (χ0) is 22.9. The van der Waals surface area contributed by atoms with Gasteiger partial charge in [-0.25, -0.2) is 18.0 Å². The van der Waals surface area contributed by atoms with Crippen molar-refractivity contribution < 1.29 is 37.4 Å². The summed E-state index contributed by atoms with van der Waals surface area (Å²) < 4.78 is 31.4. The van der Waals surface area contributed by atoms with Crippen LogP contribution < -0.4 is 0 Å². The summed E-state index contributed by atoms with van der Waals surface area (Å²) in [6.07, 6.45) is 3.07. The number of ketones is 1. The Morgan fingerprint density at radius 1 is 0.935 bits per heavy atom. The molecule has 0 saturated carbocycles. The van der Waals surface area contributed by atoms with Crippen molar-refractivity contribution in [3.8, 4) is 0 Å². The summed E-state index contributed by atoms with van der Waals surface area (Å²) in [7, 11) is -3.45. The molecule has 1 saturated heterocycles. The summed E-state index contributed by atoms with van der Waals surface area (Å²) in [5.41, 5.74) is 0.841. The summed E-state index contributed by atoms with van der Waals surface area (Å²) in [6, 6.07) is 12.6. The molecule has 1 aromatic heterocycles. The van der Waals surface area contributed by atoms with Gasteiger partial charge in [-0.15, -0.1) is 0 Å². The first-order valence-corrected chi connectivity index (χ1v) is 10.7. The molecule has 11 heteroatoms. The van der Waals surface area contributed by atoms with Gasteiger partial charge in [0.25, 0.3) is 0 Å². The Hall–Kier alpha value is -3.28. The third-order valence-corrected chi connectivity index (χ3v) is 5.83. The van der Waals surface area contributed by atoms with Crippen LogP contribution in [-0.4, -0.2) is 78.3 Å². The highest BCUT2D eigenvalue weighted by Gasteiger charge is 2.26. The molecule has 166 valence electrons. The average molecular weight is 450 g/mol. The maximum Gasteiger partial charge on any atom is 0.414 e. The molecule has 2 heterocycles. The van der Waals surface area contributed by atoms with Gasteiger partial charge in [-0.1, -0.05) is 30.3 Å². The number of nitrogens with zero attached hydrogens (tertiary/aromatic N) is 2. The Morgan fingerprint density at radius 3 is 2.06 bits per heavy atom. The number of carboxylic acids is 2. The van der Waals surface area contributed by atoms with Gasteiger partial charge in [0, 0.05) is 31.6 Å². The first kappa shape index (κ1) is 24.0. The fourth-order valence-electron chi connectivity index (χ4n) is 2.68. The van der Waals surface area contributed by atoms with Crippen molar-refractivity contribution in [3.63, 3.8) is 0 Å². The van der Waals surface area contributed by atoms with Crippen LogP contribution in [0, 0.1) is 0 Å². The lowest BCUT2D eigenvalue weighted by molar-refractivity contribution is -0.159. The molecule has 2 N–H and O–H groups in total. The number of furan rings is 1. The van der Waals surface area contributed by atoms with Crippen LogP contribution in [0.15, 0.2) is 58.6 Å². The molecule has 1 fully saturated rings. The van der Waals surface area contributed by atoms with Crippen LogP contribution in [0.5, 0.6) is 0 Å². The minimum atomic E-state index is -3.45. The molecule has 31 heavy (non-hydrogen) atoms. The molecule has 1 aliphatic heterocycles. The van der Waals surface area contributed by atoms with Crippen molar-refractivity contribution in [1.29, 1.82) is 0 Å². The second-order valence-corrected chi connectivity index (χ2v) is 8.26. The average Bonchev–Trinajstić information content (AvgIpc) is 3.29. The second-order valence-electron chi connectivity index (χ2n) is 6.44. The second kappa shape index (κ2) is 11.2. The largest absolute Gasteiger partial charge is 0.473 e. The molecule has 2 aromatic rings. The number of hydrogen-bond acceptors (Lipinski definition) is 7. The predicted octanol–water partition coefficient (Wildman–Crippen LogP) is 1.24. The zero-order valence-corrected chi connectivity index (χ0v) is 17.3. The maximum absolute atomic E-state index is 12.4. The summed E-state index contributed by atoms with van der Waals surface area (Å²) in [6.45, 7) is 2.01. The van der Waals surface area contributed by atoms with E-state index in [1.807, 2.05) is 35.2 Å². The molecule has 0 bridgehead atoms. The fourth-order valence-corrected chi connectivity index (χ4v) is 3.85. The Morgan fingerprint density at radius 2 is 1.55 bits per heavy atom. The van der Waals surface area contributed by atoms with Crippen LogP contribution in [-0.2, 0) is 19.6 Å². The smallest absolute Gasteiger partial charge is 0.414 e. The Kier molecular flexibility index (Phi) is 8.67. The molecule has 1 aliphatic rings. The van der Waals surface area contributed by atoms with Crippen LogP contribution in [0.1, 0.15) is 16.1 Å². The first-order chi connectivity index (χ1) is 14.7. The molecule has 0 spiro atoms. The molecule has 3 rings (SSSR count). The lowest BCUT2D eigenvalue weighted by Gasteiger charge is -2.32. The van der Waals surface area contributed by atoms with Crippen molar-refractivity contribution in [3.05, 3.63) is 65.5 Å². The van der Waals surface area contributed by atoms with E-state index in [-0.39, 0.29) is 12.3 Å². The number of benzene rings is 1. The number of hydrogen-bond donors (Lipinski definition) is 2. The van der Waals surface area contributed by atoms with E-state index in [2.05, 4.69) is 0 Å². The predicted molar refractivity (Wildman–Crippen MR) is 111 cm³/mol. The van der Waals surface area contributed by atoms with Gasteiger partial charge in [-0.3, -0.25) is 9.69 Å². The fraction of sp³-hybridized carbons (Fsp3) is 0.250. The SMILES string of the molecule is O=C(CN1CCN(S(=O)(=O)C=Cc2ccccc2)CC1)c1ccco1.O=C(O)C(=O)O. The molecular formula is C20H22N2O8S. The number of piperazine rings is 1. The van der Waals surface area contributed by atoms with Gasteiger partial charge in [-0.2, -0.15) is 4.31 Å². The molecule has 0 atom stereocenters. The zero-order valence-electron chi connectivity index (χ0n) is 16.5.